The van der Waals surface area contributed by atoms with Crippen LogP contribution in [0.2, 0.25) is 0 Å². The SMILES string of the molecule is CCCC(Cc1ccc(F)cc1)c1cccc(C(F)(F)F)c1. The zero-order valence-electron chi connectivity index (χ0n) is 12.3. The highest BCUT2D eigenvalue weighted by molar-refractivity contribution is 5.30. The average Bonchev–Trinajstić information content (AvgIpc) is 2.48. The van der Waals surface area contributed by atoms with Gasteiger partial charge in [-0.15, -0.1) is 0 Å². The Hall–Kier alpha value is -1.84. The smallest absolute Gasteiger partial charge is 0.207 e. The average molecular weight is 310 g/mol. The molecule has 0 nitrogen and oxygen atoms in total. The summed E-state index contributed by atoms with van der Waals surface area (Å²) in [6, 6.07) is 11.6. The number of hydrogen-bond donors (Lipinski definition) is 0. The van der Waals surface area contributed by atoms with Gasteiger partial charge in [0.1, 0.15) is 5.82 Å². The van der Waals surface area contributed by atoms with Crippen molar-refractivity contribution in [2.45, 2.75) is 38.3 Å². The van der Waals surface area contributed by atoms with Gasteiger partial charge in [0, 0.05) is 0 Å². The monoisotopic (exact) mass is 310 g/mol. The standard InChI is InChI=1S/C18H18F4/c1-2-4-14(11-13-7-9-17(19)10-8-13)15-5-3-6-16(12-15)18(20,21)22/h3,5-10,12,14H,2,4,11H2,1H3. The van der Waals surface area contributed by atoms with Crippen molar-refractivity contribution in [3.8, 4) is 0 Å². The van der Waals surface area contributed by atoms with E-state index in [0.717, 1.165) is 24.5 Å². The molecule has 118 valence electrons. The summed E-state index contributed by atoms with van der Waals surface area (Å²) in [5, 5.41) is 0. The van der Waals surface area contributed by atoms with Crippen LogP contribution in [-0.2, 0) is 12.6 Å². The summed E-state index contributed by atoms with van der Waals surface area (Å²) in [5.41, 5.74) is 0.989. The van der Waals surface area contributed by atoms with Gasteiger partial charge in [0.25, 0.3) is 0 Å². The Morgan fingerprint density at radius 2 is 1.68 bits per heavy atom. The third-order valence-electron chi connectivity index (χ3n) is 3.72. The lowest BCUT2D eigenvalue weighted by Gasteiger charge is -2.18. The van der Waals surface area contributed by atoms with Crippen molar-refractivity contribution >= 4 is 0 Å². The molecule has 0 aliphatic heterocycles. The van der Waals surface area contributed by atoms with Crippen molar-refractivity contribution in [3.05, 3.63) is 71.0 Å². The van der Waals surface area contributed by atoms with Crippen molar-refractivity contribution in [2.24, 2.45) is 0 Å². The second kappa shape index (κ2) is 6.95. The molecule has 0 fully saturated rings. The van der Waals surface area contributed by atoms with E-state index in [4.69, 9.17) is 0 Å². The number of benzene rings is 2. The molecule has 0 amide bonds. The molecule has 1 unspecified atom stereocenters. The molecule has 0 aliphatic carbocycles. The first kappa shape index (κ1) is 16.5. The molecule has 1 atom stereocenters. The van der Waals surface area contributed by atoms with Crippen molar-refractivity contribution in [1.82, 2.24) is 0 Å². The molecule has 0 radical (unpaired) electrons. The van der Waals surface area contributed by atoms with E-state index in [2.05, 4.69) is 0 Å². The molecule has 2 rings (SSSR count). The van der Waals surface area contributed by atoms with E-state index in [1.54, 1.807) is 18.2 Å². The van der Waals surface area contributed by atoms with E-state index in [1.807, 2.05) is 6.92 Å². The van der Waals surface area contributed by atoms with E-state index in [-0.39, 0.29) is 11.7 Å². The fraction of sp³-hybridized carbons (Fsp3) is 0.333. The van der Waals surface area contributed by atoms with Crippen LogP contribution in [0.5, 0.6) is 0 Å². The Bertz CT molecular complexity index is 599. The van der Waals surface area contributed by atoms with Crippen LogP contribution in [0.3, 0.4) is 0 Å². The van der Waals surface area contributed by atoms with Gasteiger partial charge in [-0.1, -0.05) is 43.7 Å². The van der Waals surface area contributed by atoms with Gasteiger partial charge in [-0.3, -0.25) is 0 Å². The minimum atomic E-state index is -4.33. The van der Waals surface area contributed by atoms with Gasteiger partial charge < -0.3 is 0 Å². The molecule has 0 saturated heterocycles. The summed E-state index contributed by atoms with van der Waals surface area (Å²) in [6.07, 6.45) is -2.06. The lowest BCUT2D eigenvalue weighted by molar-refractivity contribution is -0.137. The van der Waals surface area contributed by atoms with Crippen LogP contribution in [0.4, 0.5) is 17.6 Å². The highest BCUT2D eigenvalue weighted by Gasteiger charge is 2.30. The fourth-order valence-electron chi connectivity index (χ4n) is 2.61. The van der Waals surface area contributed by atoms with Crippen LogP contribution >= 0.6 is 0 Å². The first-order valence-electron chi connectivity index (χ1n) is 7.31. The lowest BCUT2D eigenvalue weighted by atomic mass is 9.87. The zero-order valence-corrected chi connectivity index (χ0v) is 12.3. The maximum atomic E-state index is 13.0. The Kier molecular flexibility index (Phi) is 5.22. The van der Waals surface area contributed by atoms with Gasteiger partial charge in [-0.25, -0.2) is 4.39 Å². The Balaban J connectivity index is 2.25. The maximum absolute atomic E-state index is 13.0. The van der Waals surface area contributed by atoms with Gasteiger partial charge in [-0.2, -0.15) is 13.2 Å². The van der Waals surface area contributed by atoms with E-state index >= 15 is 0 Å². The van der Waals surface area contributed by atoms with Gasteiger partial charge in [0.15, 0.2) is 0 Å². The van der Waals surface area contributed by atoms with Gasteiger partial charge in [0.2, 0.25) is 0 Å². The molecular formula is C18H18F4. The van der Waals surface area contributed by atoms with Gasteiger partial charge in [-0.05, 0) is 48.1 Å². The largest absolute Gasteiger partial charge is 0.416 e. The van der Waals surface area contributed by atoms with Crippen LogP contribution in [0.15, 0.2) is 48.5 Å². The van der Waals surface area contributed by atoms with E-state index in [9.17, 15) is 17.6 Å². The summed E-state index contributed by atoms with van der Waals surface area (Å²) in [4.78, 5) is 0. The highest BCUT2D eigenvalue weighted by atomic mass is 19.4. The molecule has 0 spiro atoms. The maximum Gasteiger partial charge on any atom is 0.416 e. The summed E-state index contributed by atoms with van der Waals surface area (Å²) >= 11 is 0. The molecule has 2 aromatic carbocycles. The molecule has 2 aromatic rings. The molecule has 0 aliphatic rings. The van der Waals surface area contributed by atoms with Crippen LogP contribution in [0.25, 0.3) is 0 Å². The zero-order chi connectivity index (χ0) is 16.2. The third kappa shape index (κ3) is 4.33. The van der Waals surface area contributed by atoms with Gasteiger partial charge in [0.05, 0.1) is 5.56 Å². The van der Waals surface area contributed by atoms with Crippen LogP contribution in [-0.4, -0.2) is 0 Å². The van der Waals surface area contributed by atoms with E-state index in [1.165, 1.54) is 24.3 Å². The summed E-state index contributed by atoms with van der Waals surface area (Å²) in [7, 11) is 0. The minimum absolute atomic E-state index is 0.00207. The molecule has 22 heavy (non-hydrogen) atoms. The quantitative estimate of drug-likeness (QED) is 0.597. The first-order valence-corrected chi connectivity index (χ1v) is 7.31. The predicted molar refractivity (Wildman–Crippen MR) is 79.2 cm³/mol. The Morgan fingerprint density at radius 3 is 2.27 bits per heavy atom. The predicted octanol–water partition coefficient (Wildman–Crippen LogP) is 5.97. The van der Waals surface area contributed by atoms with E-state index < -0.39 is 11.7 Å². The second-order valence-electron chi connectivity index (χ2n) is 5.44. The summed E-state index contributed by atoms with van der Waals surface area (Å²) in [6.45, 7) is 2.01. The fourth-order valence-corrected chi connectivity index (χ4v) is 2.61. The summed E-state index contributed by atoms with van der Waals surface area (Å²) in [5.74, 6) is -0.312. The van der Waals surface area contributed by atoms with Crippen molar-refractivity contribution in [1.29, 1.82) is 0 Å². The minimum Gasteiger partial charge on any atom is -0.207 e. The Morgan fingerprint density at radius 1 is 1.00 bits per heavy atom. The molecule has 4 heteroatoms. The topological polar surface area (TPSA) is 0 Å². The third-order valence-corrected chi connectivity index (χ3v) is 3.72. The number of alkyl halides is 3. The second-order valence-corrected chi connectivity index (χ2v) is 5.44. The van der Waals surface area contributed by atoms with Crippen LogP contribution in [0, 0.1) is 5.82 Å². The van der Waals surface area contributed by atoms with E-state index in [0.29, 0.717) is 12.0 Å². The molecular weight excluding hydrogens is 292 g/mol. The van der Waals surface area contributed by atoms with Crippen LogP contribution < -0.4 is 0 Å². The number of halogens is 4. The van der Waals surface area contributed by atoms with Crippen molar-refractivity contribution in [3.63, 3.8) is 0 Å². The van der Waals surface area contributed by atoms with Gasteiger partial charge >= 0.3 is 6.18 Å². The molecule has 0 bridgehead atoms. The number of rotatable bonds is 5. The van der Waals surface area contributed by atoms with Crippen LogP contribution in [0.1, 0.15) is 42.4 Å². The highest BCUT2D eigenvalue weighted by Crippen LogP contribution is 2.33. The first-order chi connectivity index (χ1) is 10.4. The molecule has 0 saturated carbocycles. The van der Waals surface area contributed by atoms with Crippen molar-refractivity contribution in [2.75, 3.05) is 0 Å². The molecule has 0 aromatic heterocycles. The molecule has 0 N–H and O–H groups in total. The summed E-state index contributed by atoms with van der Waals surface area (Å²) < 4.78 is 51.5. The lowest BCUT2D eigenvalue weighted by Crippen LogP contribution is -2.08. The molecule has 0 heterocycles. The normalized spacial score (nSPS) is 13.1. The number of hydrogen-bond acceptors (Lipinski definition) is 0. The Labute approximate surface area is 127 Å². The van der Waals surface area contributed by atoms with Crippen molar-refractivity contribution < 1.29 is 17.6 Å².